The van der Waals surface area contributed by atoms with E-state index < -0.39 is 28.5 Å². The summed E-state index contributed by atoms with van der Waals surface area (Å²) in [5, 5.41) is 14.4. The van der Waals surface area contributed by atoms with Crippen LogP contribution < -0.4 is 24.3 Å². The summed E-state index contributed by atoms with van der Waals surface area (Å²) in [4.78, 5) is 49.4. The molecule has 14 heteroatoms. The molecule has 0 atom stereocenters. The lowest BCUT2D eigenvalue weighted by atomic mass is 10.1. The van der Waals surface area contributed by atoms with Crippen LogP contribution in [0.15, 0.2) is 52.6 Å². The fourth-order valence-electron chi connectivity index (χ4n) is 4.13. The lowest BCUT2D eigenvalue weighted by Gasteiger charge is -2.13. The van der Waals surface area contributed by atoms with E-state index in [0.29, 0.717) is 17.1 Å². The van der Waals surface area contributed by atoms with Crippen LogP contribution >= 0.6 is 0 Å². The molecule has 0 unspecified atom stereocenters. The predicted molar refractivity (Wildman–Crippen MR) is 138 cm³/mol. The van der Waals surface area contributed by atoms with E-state index in [-0.39, 0.29) is 60.8 Å². The number of nitro groups is 1. The molecular formula is C27H23N3O11. The number of furan rings is 1. The first-order chi connectivity index (χ1) is 19.8. The molecule has 2 aliphatic rings. The average Bonchev–Trinajstić information content (AvgIpc) is 3.68. The standard InChI is InChI=1S/C27H23N3O11/c1-3-37-23-11-16(8-18-25(31)29(27(33)28-18)12-17-5-7-21(41-17)26(32)36-2)9-19(30(34)35)24(23)38-13-15-4-6-20-22(10-15)40-14-39-20/h4-11H,3,12-14H2,1-2H3,(H,28,33)/b18-8-. The number of methoxy groups -OCH3 is 1. The summed E-state index contributed by atoms with van der Waals surface area (Å²) in [6, 6.07) is 9.92. The van der Waals surface area contributed by atoms with Crippen molar-refractivity contribution < 1.29 is 47.4 Å². The molecule has 3 heterocycles. The molecule has 2 aromatic carbocycles. The molecule has 0 saturated carbocycles. The van der Waals surface area contributed by atoms with Crippen molar-refractivity contribution >= 4 is 29.7 Å². The van der Waals surface area contributed by atoms with Crippen LogP contribution in [-0.2, 0) is 22.7 Å². The Morgan fingerprint density at radius 2 is 1.93 bits per heavy atom. The topological polar surface area (TPSA) is 169 Å². The number of hydrogen-bond acceptors (Lipinski definition) is 11. The zero-order valence-electron chi connectivity index (χ0n) is 21.8. The molecule has 1 aromatic heterocycles. The monoisotopic (exact) mass is 565 g/mol. The van der Waals surface area contributed by atoms with Gasteiger partial charge in [0.1, 0.15) is 18.1 Å². The van der Waals surface area contributed by atoms with Gasteiger partial charge in [0, 0.05) is 6.07 Å². The van der Waals surface area contributed by atoms with Crippen molar-refractivity contribution in [3.05, 3.63) is 80.9 Å². The highest BCUT2D eigenvalue weighted by molar-refractivity contribution is 6.13. The van der Waals surface area contributed by atoms with E-state index in [1.54, 1.807) is 25.1 Å². The summed E-state index contributed by atoms with van der Waals surface area (Å²) < 4.78 is 32.0. The van der Waals surface area contributed by atoms with Gasteiger partial charge in [-0.3, -0.25) is 19.8 Å². The summed E-state index contributed by atoms with van der Waals surface area (Å²) in [5.41, 5.74) is 0.377. The number of carbonyl (C=O) groups excluding carboxylic acids is 3. The van der Waals surface area contributed by atoms with Crippen LogP contribution in [0.1, 0.15) is 34.4 Å². The minimum Gasteiger partial charge on any atom is -0.490 e. The molecule has 0 spiro atoms. The van der Waals surface area contributed by atoms with E-state index in [1.807, 2.05) is 0 Å². The summed E-state index contributed by atoms with van der Waals surface area (Å²) >= 11 is 0. The highest BCUT2D eigenvalue weighted by atomic mass is 16.7. The van der Waals surface area contributed by atoms with E-state index >= 15 is 0 Å². The SMILES string of the molecule is CCOc1cc(/C=C2\NC(=O)N(Cc3ccc(C(=O)OC)o3)C2=O)cc([N+](=O)[O-])c1OCc1ccc2c(c1)OCO2. The maximum atomic E-state index is 13.0. The quantitative estimate of drug-likeness (QED) is 0.125. The molecule has 5 rings (SSSR count). The molecule has 212 valence electrons. The number of nitrogens with one attached hydrogen (secondary N) is 1. The molecule has 3 aromatic rings. The first kappa shape index (κ1) is 27.1. The molecular weight excluding hydrogens is 542 g/mol. The van der Waals surface area contributed by atoms with Crippen molar-refractivity contribution in [3.8, 4) is 23.0 Å². The van der Waals surface area contributed by atoms with E-state index in [2.05, 4.69) is 10.1 Å². The third-order valence-electron chi connectivity index (χ3n) is 6.01. The molecule has 2 aliphatic heterocycles. The Hall–Kier alpha value is -5.53. The molecule has 0 aliphatic carbocycles. The molecule has 0 radical (unpaired) electrons. The number of amides is 3. The zero-order valence-corrected chi connectivity index (χ0v) is 21.8. The predicted octanol–water partition coefficient (Wildman–Crippen LogP) is 3.77. The highest BCUT2D eigenvalue weighted by Crippen LogP contribution is 2.40. The van der Waals surface area contributed by atoms with Gasteiger partial charge in [-0.2, -0.15) is 0 Å². The second-order valence-corrected chi connectivity index (χ2v) is 8.67. The smallest absolute Gasteiger partial charge is 0.373 e. The van der Waals surface area contributed by atoms with Crippen LogP contribution in [0.25, 0.3) is 6.08 Å². The fraction of sp³-hybridized carbons (Fsp3) is 0.222. The molecule has 3 amide bonds. The van der Waals surface area contributed by atoms with Gasteiger partial charge in [0.15, 0.2) is 17.2 Å². The average molecular weight is 565 g/mol. The van der Waals surface area contributed by atoms with Gasteiger partial charge < -0.3 is 33.4 Å². The third kappa shape index (κ3) is 5.61. The Kier molecular flexibility index (Phi) is 7.45. The second kappa shape index (κ2) is 11.3. The van der Waals surface area contributed by atoms with Crippen LogP contribution in [0.2, 0.25) is 0 Å². The normalized spacial score (nSPS) is 14.8. The number of urea groups is 1. The zero-order chi connectivity index (χ0) is 29.1. The minimum atomic E-state index is -0.736. The number of fused-ring (bicyclic) bond motifs is 1. The van der Waals surface area contributed by atoms with Gasteiger partial charge in [-0.25, -0.2) is 9.59 Å². The van der Waals surface area contributed by atoms with Crippen molar-refractivity contribution in [3.63, 3.8) is 0 Å². The van der Waals surface area contributed by atoms with Crippen molar-refractivity contribution in [1.29, 1.82) is 0 Å². The maximum Gasteiger partial charge on any atom is 0.373 e. The maximum absolute atomic E-state index is 13.0. The van der Waals surface area contributed by atoms with Crippen molar-refractivity contribution in [2.24, 2.45) is 0 Å². The van der Waals surface area contributed by atoms with Gasteiger partial charge in [-0.1, -0.05) is 6.07 Å². The lowest BCUT2D eigenvalue weighted by Crippen LogP contribution is -2.30. The summed E-state index contributed by atoms with van der Waals surface area (Å²) in [6.45, 7) is 1.72. The summed E-state index contributed by atoms with van der Waals surface area (Å²) in [7, 11) is 1.19. The Bertz CT molecular complexity index is 1580. The molecule has 1 saturated heterocycles. The number of nitrogens with zero attached hydrogens (tertiary/aromatic N) is 2. The van der Waals surface area contributed by atoms with Crippen molar-refractivity contribution in [2.75, 3.05) is 20.5 Å². The molecule has 0 bridgehead atoms. The second-order valence-electron chi connectivity index (χ2n) is 8.67. The van der Waals surface area contributed by atoms with Crippen molar-refractivity contribution in [2.45, 2.75) is 20.1 Å². The van der Waals surface area contributed by atoms with Crippen LogP contribution in [-0.4, -0.2) is 48.2 Å². The first-order valence-corrected chi connectivity index (χ1v) is 12.3. The Morgan fingerprint density at radius 3 is 2.68 bits per heavy atom. The lowest BCUT2D eigenvalue weighted by molar-refractivity contribution is -0.386. The number of imide groups is 1. The molecule has 14 nitrogen and oxygen atoms in total. The molecule has 41 heavy (non-hydrogen) atoms. The third-order valence-corrected chi connectivity index (χ3v) is 6.01. The van der Waals surface area contributed by atoms with Gasteiger partial charge in [-0.15, -0.1) is 0 Å². The van der Waals surface area contributed by atoms with Gasteiger partial charge in [0.05, 0.1) is 25.2 Å². The molecule has 1 N–H and O–H groups in total. The van der Waals surface area contributed by atoms with E-state index in [0.717, 1.165) is 4.90 Å². The number of benzene rings is 2. The Balaban J connectivity index is 1.38. The number of nitro benzene ring substituents is 1. The number of esters is 1. The van der Waals surface area contributed by atoms with Crippen LogP contribution in [0.4, 0.5) is 10.5 Å². The number of ether oxygens (including phenoxy) is 5. The Morgan fingerprint density at radius 1 is 1.12 bits per heavy atom. The largest absolute Gasteiger partial charge is 0.490 e. The van der Waals surface area contributed by atoms with Gasteiger partial charge in [0.2, 0.25) is 18.3 Å². The highest BCUT2D eigenvalue weighted by Gasteiger charge is 2.35. The number of hydrogen-bond donors (Lipinski definition) is 1. The van der Waals surface area contributed by atoms with Crippen molar-refractivity contribution in [1.82, 2.24) is 10.2 Å². The van der Waals surface area contributed by atoms with Gasteiger partial charge >= 0.3 is 17.7 Å². The Labute approximate surface area is 232 Å². The van der Waals surface area contributed by atoms with Gasteiger partial charge in [-0.05, 0) is 54.5 Å². The van der Waals surface area contributed by atoms with E-state index in [1.165, 1.54) is 37.5 Å². The van der Waals surface area contributed by atoms with Crippen LogP contribution in [0.3, 0.4) is 0 Å². The van der Waals surface area contributed by atoms with Gasteiger partial charge in [0.25, 0.3) is 5.91 Å². The molecule has 1 fully saturated rings. The minimum absolute atomic E-state index is 0.0219. The summed E-state index contributed by atoms with van der Waals surface area (Å²) in [5.74, 6) is -0.197. The van der Waals surface area contributed by atoms with E-state index in [9.17, 15) is 24.5 Å². The fourth-order valence-corrected chi connectivity index (χ4v) is 4.13. The number of rotatable bonds is 10. The van der Waals surface area contributed by atoms with Crippen LogP contribution in [0, 0.1) is 10.1 Å². The number of carbonyl (C=O) groups is 3. The first-order valence-electron chi connectivity index (χ1n) is 12.3. The van der Waals surface area contributed by atoms with Crippen LogP contribution in [0.5, 0.6) is 23.0 Å². The summed E-state index contributed by atoms with van der Waals surface area (Å²) in [6.07, 6.45) is 1.29. The van der Waals surface area contributed by atoms with E-state index in [4.69, 9.17) is 23.4 Å².